The molecule has 0 aromatic carbocycles. The summed E-state index contributed by atoms with van der Waals surface area (Å²) in [6.45, 7) is 24.7. The first kappa shape index (κ1) is 70.6. The van der Waals surface area contributed by atoms with Crippen LogP contribution in [0.1, 0.15) is 115 Å². The number of imide groups is 1. The molecular formula is C56H91N11O16S. The zero-order chi connectivity index (χ0) is 63.9. The number of likely N-dealkylation sites (tertiary alicyclic amines) is 2. The van der Waals surface area contributed by atoms with E-state index in [0.717, 1.165) is 0 Å². The molecule has 4 aliphatic heterocycles. The van der Waals surface area contributed by atoms with Crippen molar-refractivity contribution >= 4 is 70.1 Å². The van der Waals surface area contributed by atoms with Crippen molar-refractivity contribution in [1.82, 2.24) is 47.0 Å². The number of ether oxygens (including phenoxy) is 2. The lowest BCUT2D eigenvalue weighted by molar-refractivity contribution is -0.209. The molecule has 0 aromatic rings. The van der Waals surface area contributed by atoms with Crippen LogP contribution in [0.25, 0.3) is 0 Å². The molecular weight excluding hydrogens is 1110 g/mol. The molecule has 0 radical (unpaired) electrons. The molecule has 0 spiro atoms. The van der Waals surface area contributed by atoms with Crippen LogP contribution in [0.2, 0.25) is 0 Å². The predicted molar refractivity (Wildman–Crippen MR) is 308 cm³/mol. The molecule has 0 aromatic heterocycles. The van der Waals surface area contributed by atoms with Crippen molar-refractivity contribution in [3.63, 3.8) is 0 Å². The van der Waals surface area contributed by atoms with Gasteiger partial charge in [0.05, 0.1) is 73.5 Å². The molecule has 472 valence electrons. The molecule has 84 heavy (non-hydrogen) atoms. The fourth-order valence-corrected chi connectivity index (χ4v) is 13.3. The lowest BCUT2D eigenvalue weighted by atomic mass is 9.72. The number of Topliss-reactive ketones (excluding diaryl/α,β-unsaturated/α-hetero) is 1. The van der Waals surface area contributed by atoms with E-state index in [1.807, 2.05) is 0 Å². The molecule has 3 fully saturated rings. The normalized spacial score (nSPS) is 25.7. The van der Waals surface area contributed by atoms with Crippen LogP contribution in [0, 0.1) is 29.1 Å². The summed E-state index contributed by atoms with van der Waals surface area (Å²) < 4.78 is 26.9. The fraction of sp³-hybridized carbons (Fsp3) is 0.714. The monoisotopic (exact) mass is 1210 g/mol. The van der Waals surface area contributed by atoms with Crippen LogP contribution in [-0.2, 0) is 68.6 Å². The molecule has 2 bridgehead atoms. The summed E-state index contributed by atoms with van der Waals surface area (Å²) in [5, 5.41) is 49.6. The Kier molecular flexibility index (Phi) is 23.6. The molecule has 27 nitrogen and oxygen atoms in total. The number of hydrogen-bond acceptors (Lipinski definition) is 19. The number of fused-ring (bicyclic) bond motifs is 5. The number of carbonyl (C=O) groups is 10. The highest BCUT2D eigenvalue weighted by Crippen LogP contribution is 2.58. The van der Waals surface area contributed by atoms with Gasteiger partial charge in [0.15, 0.2) is 11.8 Å². The lowest BCUT2D eigenvalue weighted by Gasteiger charge is -2.50. The first-order valence-electron chi connectivity index (χ1n) is 28.2. The number of ketones is 1. The van der Waals surface area contributed by atoms with E-state index in [1.165, 1.54) is 30.7 Å². The van der Waals surface area contributed by atoms with Gasteiger partial charge in [-0.1, -0.05) is 59.8 Å². The SMILES string of the molecule is C=C(C)NC(=C)[S+]([O-])CC(NC(=O)CNC(=O)[C@@H](NC(=O)CN)[C@@H](C)CC)C(=O)N[C@@H](CC(N)=O)C(=O)C(CC(C)(C)CC(C)(C)N1C(=O)[C@@H]2[C@H](C1=O)C1(C)C=CC2(C)O1)(OC(C)C)N1C[C@H](O)C[C@H]1C(=O)N[C@H](C(=O)NC)[C@@H](C)[C@@H](O)CO. The number of rotatable bonds is 33. The third-order valence-electron chi connectivity index (χ3n) is 16.0. The largest absolute Gasteiger partial charge is 0.610 e. The lowest BCUT2D eigenvalue weighted by Crippen LogP contribution is -2.69. The zero-order valence-corrected chi connectivity index (χ0v) is 51.5. The maximum absolute atomic E-state index is 16.3. The Balaban J connectivity index is 1.89. The Bertz CT molecular complexity index is 2550. The van der Waals surface area contributed by atoms with E-state index in [1.54, 1.807) is 81.4 Å². The Hall–Kier alpha value is -5.85. The average Bonchev–Trinajstić information content (AvgIpc) is 1.94. The summed E-state index contributed by atoms with van der Waals surface area (Å²) in [6.07, 6.45) is -1.80. The predicted octanol–water partition coefficient (Wildman–Crippen LogP) is -2.57. The summed E-state index contributed by atoms with van der Waals surface area (Å²) in [5.74, 6) is -12.6. The maximum Gasteiger partial charge on any atom is 0.248 e. The first-order valence-corrected chi connectivity index (χ1v) is 29.5. The van der Waals surface area contributed by atoms with Crippen molar-refractivity contribution in [2.24, 2.45) is 40.6 Å². The van der Waals surface area contributed by atoms with Gasteiger partial charge in [-0.2, -0.15) is 0 Å². The second-order valence-electron chi connectivity index (χ2n) is 24.7. The highest BCUT2D eigenvalue weighted by atomic mass is 32.2. The van der Waals surface area contributed by atoms with Gasteiger partial charge in [-0.3, -0.25) is 57.7 Å². The number of likely N-dealkylation sites (N-methyl/N-ethyl adjacent to an activating group) is 1. The Labute approximate surface area is 494 Å². The molecule has 4 heterocycles. The summed E-state index contributed by atoms with van der Waals surface area (Å²) >= 11 is -2.21. The molecule has 15 atom stereocenters. The molecule has 0 aliphatic carbocycles. The quantitative estimate of drug-likeness (QED) is 0.0183. The number of nitrogens with one attached hydrogen (secondary N) is 7. The van der Waals surface area contributed by atoms with Crippen LogP contribution in [0.4, 0.5) is 0 Å². The third-order valence-corrected chi connectivity index (χ3v) is 17.3. The number of aliphatic hydroxyl groups excluding tert-OH is 3. The summed E-state index contributed by atoms with van der Waals surface area (Å²) in [4.78, 5) is 144. The minimum absolute atomic E-state index is 0.0689. The number of nitrogens with two attached hydrogens (primary N) is 2. The van der Waals surface area contributed by atoms with Crippen LogP contribution in [-0.4, -0.2) is 199 Å². The van der Waals surface area contributed by atoms with Gasteiger partial charge in [-0.25, -0.2) is 0 Å². The van der Waals surface area contributed by atoms with Gasteiger partial charge in [-0.15, -0.1) is 0 Å². The van der Waals surface area contributed by atoms with Crippen molar-refractivity contribution in [2.75, 3.05) is 39.0 Å². The van der Waals surface area contributed by atoms with E-state index in [-0.39, 0.29) is 11.4 Å². The van der Waals surface area contributed by atoms with Crippen molar-refractivity contribution in [3.05, 3.63) is 36.0 Å². The third kappa shape index (κ3) is 16.2. The second-order valence-corrected chi connectivity index (χ2v) is 26.2. The van der Waals surface area contributed by atoms with Crippen LogP contribution in [0.15, 0.2) is 36.0 Å². The Morgan fingerprint density at radius 2 is 1.48 bits per heavy atom. The molecule has 3 saturated heterocycles. The number of hydrogen-bond donors (Lipinski definition) is 12. The number of primary amides is 1. The number of β-amino-alcohol motifs (C(OH)–C–C–N with tert-alkyl or cyclic N) is 1. The fourth-order valence-electron chi connectivity index (χ4n) is 12.3. The van der Waals surface area contributed by atoms with Gasteiger partial charge in [0.25, 0.3) is 0 Å². The molecule has 9 amide bonds. The van der Waals surface area contributed by atoms with Crippen LogP contribution >= 0.6 is 0 Å². The Morgan fingerprint density at radius 3 is 1.98 bits per heavy atom. The standard InChI is InChI=1S/C56H91N11O16S/c1-16-30(6)43(64-39(72)21-57)49(78)60-22-40(73)62-35(25-84(81)32(8)61-28(2)3)46(75)63-34(20-38(58)71)45(74)56(82-29(4)5,66-23-33(69)19-36(66)47(76)65-44(48(77)59-15)31(7)37(70)24-68)27-52(9,10)26-53(11,12)67-50(79)41-42(51(67)80)55(14)18-17-54(41,13)83-55/h17-18,29-31,33-37,41-44,61,68-70H,2,8,16,19-27,57H2,1,3-7,9-15H3,(H2,58,71)(H,59,77)(H,60,78)(H,62,73)(H,63,75)(H,64,72)(H,65,76)/t30-,31-,33+,34-,35?,36-,37-,41-,42+,43-,44-,54?,55?,56?,84?/m0/s1. The van der Waals surface area contributed by atoms with Gasteiger partial charge >= 0.3 is 0 Å². The van der Waals surface area contributed by atoms with Crippen LogP contribution in [0.3, 0.4) is 0 Å². The number of allylic oxidation sites excluding steroid dienone is 1. The minimum atomic E-state index is -2.52. The van der Waals surface area contributed by atoms with E-state index in [2.05, 4.69) is 50.4 Å². The van der Waals surface area contributed by atoms with Crippen molar-refractivity contribution < 1.29 is 77.3 Å². The van der Waals surface area contributed by atoms with E-state index in [9.17, 15) is 63.0 Å². The van der Waals surface area contributed by atoms with Gasteiger partial charge in [0.1, 0.15) is 23.9 Å². The second kappa shape index (κ2) is 28.1. The van der Waals surface area contributed by atoms with Gasteiger partial charge in [-0.05, 0) is 79.2 Å². The summed E-state index contributed by atoms with van der Waals surface area (Å²) in [7, 11) is 1.28. The smallest absolute Gasteiger partial charge is 0.248 e. The molecule has 0 saturated carbocycles. The van der Waals surface area contributed by atoms with Gasteiger partial charge in [0, 0.05) is 48.3 Å². The summed E-state index contributed by atoms with van der Waals surface area (Å²) in [6, 6.07) is -8.07. The Morgan fingerprint density at radius 1 is 0.893 bits per heavy atom. The first-order chi connectivity index (χ1) is 38.8. The number of nitrogens with zero attached hydrogens (tertiary/aromatic N) is 2. The van der Waals surface area contributed by atoms with Gasteiger partial charge in [0.2, 0.25) is 64.0 Å². The minimum Gasteiger partial charge on any atom is -0.610 e. The van der Waals surface area contributed by atoms with Crippen molar-refractivity contribution in [2.45, 2.75) is 186 Å². The molecule has 5 unspecified atom stereocenters. The number of amides is 9. The highest BCUT2D eigenvalue weighted by molar-refractivity contribution is 7.95. The summed E-state index contributed by atoms with van der Waals surface area (Å²) in [5.41, 5.74) is 4.36. The van der Waals surface area contributed by atoms with Crippen molar-refractivity contribution in [1.29, 1.82) is 0 Å². The van der Waals surface area contributed by atoms with Gasteiger partial charge < -0.3 is 78.0 Å². The molecule has 4 rings (SSSR count). The topological polar surface area (TPSA) is 416 Å². The molecule has 14 N–H and O–H groups in total. The zero-order valence-electron chi connectivity index (χ0n) is 50.7. The molecule has 4 aliphatic rings. The number of aliphatic hydroxyl groups is 3. The van der Waals surface area contributed by atoms with E-state index < -0.39 is 221 Å². The maximum atomic E-state index is 16.3. The van der Waals surface area contributed by atoms with Crippen molar-refractivity contribution in [3.8, 4) is 0 Å². The van der Waals surface area contributed by atoms with Crippen LogP contribution < -0.4 is 48.7 Å². The highest BCUT2D eigenvalue weighted by Gasteiger charge is 2.72. The van der Waals surface area contributed by atoms with E-state index in [4.69, 9.17) is 20.9 Å². The molecule has 28 heteroatoms. The van der Waals surface area contributed by atoms with Crippen LogP contribution in [0.5, 0.6) is 0 Å². The van der Waals surface area contributed by atoms with E-state index >= 15 is 4.79 Å². The van der Waals surface area contributed by atoms with E-state index in [0.29, 0.717) is 12.1 Å². The number of carbonyl (C=O) groups excluding carboxylic acids is 10. The average molecular weight is 1210 g/mol.